The summed E-state index contributed by atoms with van der Waals surface area (Å²) in [6.07, 6.45) is 3.62. The molecule has 1 saturated carbocycles. The minimum absolute atomic E-state index is 0.234. The van der Waals surface area contributed by atoms with Crippen LogP contribution in [0.3, 0.4) is 0 Å². The second-order valence-electron chi connectivity index (χ2n) is 4.76. The number of rotatable bonds is 5. The zero-order valence-corrected chi connectivity index (χ0v) is 10.6. The first-order valence-corrected chi connectivity index (χ1v) is 6.29. The van der Waals surface area contributed by atoms with E-state index in [9.17, 15) is 9.59 Å². The van der Waals surface area contributed by atoms with Crippen LogP contribution in [0.15, 0.2) is 0 Å². The fourth-order valence-corrected chi connectivity index (χ4v) is 2.35. The Balaban J connectivity index is 2.34. The molecule has 17 heavy (non-hydrogen) atoms. The molecule has 1 aliphatic rings. The van der Waals surface area contributed by atoms with Crippen LogP contribution in [0, 0.1) is 11.8 Å². The number of carbonyl (C=O) groups is 2. The van der Waals surface area contributed by atoms with Crippen LogP contribution >= 0.6 is 0 Å². The summed E-state index contributed by atoms with van der Waals surface area (Å²) in [7, 11) is 0. The van der Waals surface area contributed by atoms with Crippen molar-refractivity contribution >= 4 is 12.0 Å². The fraction of sp³-hybridized carbons (Fsp3) is 0.833. The second-order valence-corrected chi connectivity index (χ2v) is 4.76. The highest BCUT2D eigenvalue weighted by Gasteiger charge is 2.24. The number of carboxylic acids is 1. The Kier molecular flexibility index (Phi) is 5.25. The van der Waals surface area contributed by atoms with Gasteiger partial charge in [0.15, 0.2) is 0 Å². The molecule has 0 bridgehead atoms. The van der Waals surface area contributed by atoms with E-state index in [-0.39, 0.29) is 12.6 Å². The van der Waals surface area contributed by atoms with Crippen molar-refractivity contribution in [1.29, 1.82) is 0 Å². The Morgan fingerprint density at radius 2 is 2.12 bits per heavy atom. The number of carbonyl (C=O) groups excluding carboxylic acids is 1. The number of hydrogen-bond donors (Lipinski definition) is 2. The average molecular weight is 242 g/mol. The van der Waals surface area contributed by atoms with Crippen LogP contribution in [0.5, 0.6) is 0 Å². The molecule has 0 aliphatic heterocycles. The lowest BCUT2D eigenvalue weighted by atomic mass is 9.98. The Hall–Kier alpha value is -1.26. The topological polar surface area (TPSA) is 69.6 Å². The zero-order chi connectivity index (χ0) is 12.8. The Labute approximate surface area is 102 Å². The summed E-state index contributed by atoms with van der Waals surface area (Å²) in [5, 5.41) is 11.5. The third-order valence-corrected chi connectivity index (χ3v) is 3.55. The molecule has 0 aromatic heterocycles. The molecule has 2 amide bonds. The molecule has 0 spiro atoms. The molecule has 2 unspecified atom stereocenters. The van der Waals surface area contributed by atoms with Crippen molar-refractivity contribution < 1.29 is 14.7 Å². The first kappa shape index (κ1) is 13.8. The van der Waals surface area contributed by atoms with E-state index in [4.69, 9.17) is 5.11 Å². The first-order valence-electron chi connectivity index (χ1n) is 6.29. The van der Waals surface area contributed by atoms with E-state index in [0.29, 0.717) is 24.9 Å². The number of carboxylic acid groups (broad SMARTS) is 1. The summed E-state index contributed by atoms with van der Waals surface area (Å²) < 4.78 is 0. The van der Waals surface area contributed by atoms with Crippen LogP contribution < -0.4 is 5.32 Å². The van der Waals surface area contributed by atoms with Gasteiger partial charge in [-0.2, -0.15) is 0 Å². The van der Waals surface area contributed by atoms with Gasteiger partial charge in [0.25, 0.3) is 0 Å². The fourth-order valence-electron chi connectivity index (χ4n) is 2.35. The molecule has 2 N–H and O–H groups in total. The minimum atomic E-state index is -0.976. The van der Waals surface area contributed by atoms with Gasteiger partial charge in [0.05, 0.1) is 0 Å². The Bertz CT molecular complexity index is 281. The van der Waals surface area contributed by atoms with Gasteiger partial charge >= 0.3 is 12.0 Å². The molecule has 0 aromatic rings. The largest absolute Gasteiger partial charge is 0.480 e. The van der Waals surface area contributed by atoms with Crippen LogP contribution in [-0.2, 0) is 4.79 Å². The van der Waals surface area contributed by atoms with Crippen LogP contribution in [0.25, 0.3) is 0 Å². The van der Waals surface area contributed by atoms with E-state index in [1.165, 1.54) is 17.7 Å². The van der Waals surface area contributed by atoms with Crippen molar-refractivity contribution in [3.8, 4) is 0 Å². The summed E-state index contributed by atoms with van der Waals surface area (Å²) in [5.41, 5.74) is 0. The number of nitrogens with zero attached hydrogens (tertiary/aromatic N) is 1. The van der Waals surface area contributed by atoms with E-state index in [2.05, 4.69) is 12.2 Å². The van der Waals surface area contributed by atoms with Gasteiger partial charge in [0, 0.05) is 13.1 Å². The average Bonchev–Trinajstić information content (AvgIpc) is 2.68. The molecule has 1 fully saturated rings. The Morgan fingerprint density at radius 1 is 1.41 bits per heavy atom. The number of aliphatic carboxylic acids is 1. The number of nitrogens with one attached hydrogen (secondary N) is 1. The van der Waals surface area contributed by atoms with Gasteiger partial charge in [0.1, 0.15) is 6.54 Å². The van der Waals surface area contributed by atoms with Crippen molar-refractivity contribution in [2.45, 2.75) is 33.1 Å². The smallest absolute Gasteiger partial charge is 0.323 e. The lowest BCUT2D eigenvalue weighted by Crippen LogP contribution is -2.44. The van der Waals surface area contributed by atoms with Crippen molar-refractivity contribution in [2.75, 3.05) is 19.6 Å². The number of likely N-dealkylation sites (N-methyl/N-ethyl adjacent to an activating group) is 1. The molecule has 0 radical (unpaired) electrons. The first-order chi connectivity index (χ1) is 8.04. The van der Waals surface area contributed by atoms with E-state index in [0.717, 1.165) is 6.42 Å². The lowest BCUT2D eigenvalue weighted by Gasteiger charge is -2.22. The third-order valence-electron chi connectivity index (χ3n) is 3.55. The number of amides is 2. The summed E-state index contributed by atoms with van der Waals surface area (Å²) in [6, 6.07) is -0.269. The summed E-state index contributed by atoms with van der Waals surface area (Å²) >= 11 is 0. The predicted octanol–water partition coefficient (Wildman–Crippen LogP) is 1.54. The van der Waals surface area contributed by atoms with Crippen LogP contribution in [0.2, 0.25) is 0 Å². The monoisotopic (exact) mass is 242 g/mol. The SMILES string of the molecule is CCN(CC(=O)O)C(=O)NCC1CCCC1C. The molecule has 5 nitrogen and oxygen atoms in total. The van der Waals surface area contributed by atoms with Crippen LogP contribution in [-0.4, -0.2) is 41.6 Å². The highest BCUT2D eigenvalue weighted by Crippen LogP contribution is 2.30. The molecule has 0 heterocycles. The van der Waals surface area contributed by atoms with Crippen molar-refractivity contribution in [3.63, 3.8) is 0 Å². The molecule has 5 heteroatoms. The van der Waals surface area contributed by atoms with Crippen LogP contribution in [0.4, 0.5) is 4.79 Å². The molecule has 1 aliphatic carbocycles. The second kappa shape index (κ2) is 6.47. The summed E-state index contributed by atoms with van der Waals surface area (Å²) in [6.45, 7) is 4.83. The van der Waals surface area contributed by atoms with Gasteiger partial charge in [-0.05, 0) is 25.2 Å². The predicted molar refractivity (Wildman–Crippen MR) is 64.8 cm³/mol. The highest BCUT2D eigenvalue weighted by atomic mass is 16.4. The maximum absolute atomic E-state index is 11.7. The van der Waals surface area contributed by atoms with Gasteiger partial charge in [-0.1, -0.05) is 19.8 Å². The Morgan fingerprint density at radius 3 is 2.59 bits per heavy atom. The van der Waals surface area contributed by atoms with E-state index in [1.807, 2.05) is 0 Å². The van der Waals surface area contributed by atoms with E-state index >= 15 is 0 Å². The standard InChI is InChI=1S/C12H22N2O3/c1-3-14(8-11(15)16)12(17)13-7-10-6-4-5-9(10)2/h9-10H,3-8H2,1-2H3,(H,13,17)(H,15,16). The lowest BCUT2D eigenvalue weighted by molar-refractivity contribution is -0.137. The van der Waals surface area contributed by atoms with Crippen LogP contribution in [0.1, 0.15) is 33.1 Å². The third kappa shape index (κ3) is 4.24. The van der Waals surface area contributed by atoms with Gasteiger partial charge in [-0.3, -0.25) is 4.79 Å². The molecule has 98 valence electrons. The summed E-state index contributed by atoms with van der Waals surface area (Å²) in [4.78, 5) is 23.6. The molecule has 1 rings (SSSR count). The molecular weight excluding hydrogens is 220 g/mol. The number of hydrogen-bond acceptors (Lipinski definition) is 2. The van der Waals surface area contributed by atoms with Gasteiger partial charge in [0.2, 0.25) is 0 Å². The molecule has 2 atom stereocenters. The highest BCUT2D eigenvalue weighted by molar-refractivity contribution is 5.80. The van der Waals surface area contributed by atoms with E-state index < -0.39 is 5.97 Å². The maximum Gasteiger partial charge on any atom is 0.323 e. The van der Waals surface area contributed by atoms with Gasteiger partial charge < -0.3 is 15.3 Å². The van der Waals surface area contributed by atoms with E-state index in [1.54, 1.807) is 6.92 Å². The zero-order valence-electron chi connectivity index (χ0n) is 10.6. The minimum Gasteiger partial charge on any atom is -0.480 e. The maximum atomic E-state index is 11.7. The quantitative estimate of drug-likeness (QED) is 0.768. The van der Waals surface area contributed by atoms with Gasteiger partial charge in [-0.25, -0.2) is 4.79 Å². The molecule has 0 aromatic carbocycles. The van der Waals surface area contributed by atoms with Crippen molar-refractivity contribution in [1.82, 2.24) is 10.2 Å². The normalized spacial score (nSPS) is 23.4. The van der Waals surface area contributed by atoms with Gasteiger partial charge in [-0.15, -0.1) is 0 Å². The van der Waals surface area contributed by atoms with Crippen molar-refractivity contribution in [3.05, 3.63) is 0 Å². The number of urea groups is 1. The molecular formula is C12H22N2O3. The summed E-state index contributed by atoms with van der Waals surface area (Å²) in [5.74, 6) is 0.226. The van der Waals surface area contributed by atoms with Crippen molar-refractivity contribution in [2.24, 2.45) is 11.8 Å². The molecule has 0 saturated heterocycles.